The minimum absolute atomic E-state index is 0. The van der Waals surface area contributed by atoms with Crippen molar-refractivity contribution in [2.24, 2.45) is 5.73 Å². The molecule has 2 aromatic rings. The van der Waals surface area contributed by atoms with Gasteiger partial charge in [-0.25, -0.2) is 0 Å². The summed E-state index contributed by atoms with van der Waals surface area (Å²) in [6.07, 6.45) is 0. The zero-order valence-electron chi connectivity index (χ0n) is 11.0. The summed E-state index contributed by atoms with van der Waals surface area (Å²) in [7, 11) is 0. The van der Waals surface area contributed by atoms with Crippen molar-refractivity contribution < 1.29 is 4.52 Å². The SMILES string of the molecule is Cc1noc(CN(CCN)Cc2ccccc2)n1.Cl. The summed E-state index contributed by atoms with van der Waals surface area (Å²) < 4.78 is 5.14. The highest BCUT2D eigenvalue weighted by atomic mass is 35.5. The van der Waals surface area contributed by atoms with E-state index in [-0.39, 0.29) is 12.4 Å². The third-order valence-electron chi connectivity index (χ3n) is 2.62. The molecule has 0 atom stereocenters. The van der Waals surface area contributed by atoms with Gasteiger partial charge in [-0.3, -0.25) is 4.90 Å². The molecule has 0 saturated heterocycles. The number of halogens is 1. The minimum atomic E-state index is 0. The van der Waals surface area contributed by atoms with Gasteiger partial charge in [0.2, 0.25) is 5.89 Å². The van der Waals surface area contributed by atoms with Gasteiger partial charge in [-0.05, 0) is 12.5 Å². The van der Waals surface area contributed by atoms with E-state index in [9.17, 15) is 0 Å². The van der Waals surface area contributed by atoms with Gasteiger partial charge in [0.25, 0.3) is 0 Å². The standard InChI is InChI=1S/C13H18N4O.ClH/c1-11-15-13(18-16-11)10-17(8-7-14)9-12-5-3-2-4-6-12;/h2-6H,7-10,14H2,1H3;1H. The molecule has 0 aliphatic heterocycles. The number of aromatic nitrogens is 2. The Morgan fingerprint density at radius 2 is 1.95 bits per heavy atom. The van der Waals surface area contributed by atoms with Crippen molar-refractivity contribution >= 4 is 12.4 Å². The maximum absolute atomic E-state index is 5.63. The van der Waals surface area contributed by atoms with Crippen LogP contribution in [0.4, 0.5) is 0 Å². The molecule has 0 bridgehead atoms. The maximum atomic E-state index is 5.63. The first-order valence-electron chi connectivity index (χ1n) is 6.03. The fourth-order valence-corrected chi connectivity index (χ4v) is 1.83. The molecule has 0 spiro atoms. The fraction of sp³-hybridized carbons (Fsp3) is 0.385. The van der Waals surface area contributed by atoms with Crippen LogP contribution in [0.5, 0.6) is 0 Å². The van der Waals surface area contributed by atoms with Crippen LogP contribution in [-0.2, 0) is 13.1 Å². The van der Waals surface area contributed by atoms with Crippen LogP contribution in [0.25, 0.3) is 0 Å². The number of benzene rings is 1. The van der Waals surface area contributed by atoms with E-state index in [0.717, 1.165) is 13.1 Å². The van der Waals surface area contributed by atoms with Crippen LogP contribution in [0, 0.1) is 6.92 Å². The smallest absolute Gasteiger partial charge is 0.240 e. The van der Waals surface area contributed by atoms with Crippen LogP contribution in [0.2, 0.25) is 0 Å². The third-order valence-corrected chi connectivity index (χ3v) is 2.62. The molecule has 2 rings (SSSR count). The van der Waals surface area contributed by atoms with Crippen molar-refractivity contribution in [2.45, 2.75) is 20.0 Å². The Hall–Kier alpha value is -1.43. The second-order valence-corrected chi connectivity index (χ2v) is 4.22. The van der Waals surface area contributed by atoms with Gasteiger partial charge in [0.15, 0.2) is 5.82 Å². The monoisotopic (exact) mass is 282 g/mol. The highest BCUT2D eigenvalue weighted by molar-refractivity contribution is 5.85. The fourth-order valence-electron chi connectivity index (χ4n) is 1.83. The molecule has 1 heterocycles. The van der Waals surface area contributed by atoms with Crippen LogP contribution < -0.4 is 5.73 Å². The molecule has 0 unspecified atom stereocenters. The molecule has 0 saturated carbocycles. The number of nitrogens with two attached hydrogens (primary N) is 1. The van der Waals surface area contributed by atoms with E-state index in [0.29, 0.717) is 24.8 Å². The molecule has 0 aliphatic carbocycles. The van der Waals surface area contributed by atoms with E-state index >= 15 is 0 Å². The molecular weight excluding hydrogens is 264 g/mol. The second-order valence-electron chi connectivity index (χ2n) is 4.22. The average Bonchev–Trinajstić information content (AvgIpc) is 2.76. The highest BCUT2D eigenvalue weighted by Gasteiger charge is 2.10. The van der Waals surface area contributed by atoms with Crippen molar-refractivity contribution in [3.63, 3.8) is 0 Å². The Kier molecular flexibility index (Phi) is 6.49. The van der Waals surface area contributed by atoms with Gasteiger partial charge in [0.1, 0.15) is 0 Å². The number of nitrogens with zero attached hydrogens (tertiary/aromatic N) is 3. The Morgan fingerprint density at radius 1 is 1.21 bits per heavy atom. The van der Waals surface area contributed by atoms with E-state index in [1.54, 1.807) is 0 Å². The van der Waals surface area contributed by atoms with Crippen molar-refractivity contribution in [2.75, 3.05) is 13.1 Å². The molecule has 104 valence electrons. The molecule has 5 nitrogen and oxygen atoms in total. The number of hydrogen-bond donors (Lipinski definition) is 1. The average molecular weight is 283 g/mol. The van der Waals surface area contributed by atoms with Gasteiger partial charge in [-0.2, -0.15) is 4.98 Å². The van der Waals surface area contributed by atoms with Gasteiger partial charge in [-0.1, -0.05) is 35.5 Å². The summed E-state index contributed by atoms with van der Waals surface area (Å²) in [5, 5.41) is 3.79. The van der Waals surface area contributed by atoms with Crippen LogP contribution in [0.1, 0.15) is 17.3 Å². The molecule has 2 N–H and O–H groups in total. The van der Waals surface area contributed by atoms with Crippen LogP contribution in [-0.4, -0.2) is 28.1 Å². The molecule has 0 amide bonds. The molecule has 6 heteroatoms. The zero-order valence-corrected chi connectivity index (χ0v) is 11.8. The lowest BCUT2D eigenvalue weighted by molar-refractivity contribution is 0.224. The predicted molar refractivity (Wildman–Crippen MR) is 75.9 cm³/mol. The Balaban J connectivity index is 0.00000180. The number of aryl methyl sites for hydroxylation is 1. The normalized spacial score (nSPS) is 10.5. The van der Waals surface area contributed by atoms with Crippen molar-refractivity contribution in [3.05, 3.63) is 47.6 Å². The van der Waals surface area contributed by atoms with Gasteiger partial charge >= 0.3 is 0 Å². The van der Waals surface area contributed by atoms with Crippen molar-refractivity contribution in [3.8, 4) is 0 Å². The second kappa shape index (κ2) is 7.89. The van der Waals surface area contributed by atoms with Gasteiger partial charge < -0.3 is 10.3 Å². The number of rotatable bonds is 6. The van der Waals surface area contributed by atoms with Crippen LogP contribution >= 0.6 is 12.4 Å². The predicted octanol–water partition coefficient (Wildman–Crippen LogP) is 1.76. The van der Waals surface area contributed by atoms with E-state index in [1.807, 2.05) is 25.1 Å². The van der Waals surface area contributed by atoms with Gasteiger partial charge in [0.05, 0.1) is 6.54 Å². The third kappa shape index (κ3) is 4.98. The van der Waals surface area contributed by atoms with E-state index in [4.69, 9.17) is 10.3 Å². The summed E-state index contributed by atoms with van der Waals surface area (Å²) in [5.41, 5.74) is 6.89. The number of hydrogen-bond acceptors (Lipinski definition) is 5. The highest BCUT2D eigenvalue weighted by Crippen LogP contribution is 2.08. The maximum Gasteiger partial charge on any atom is 0.240 e. The molecular formula is C13H19ClN4O. The summed E-state index contributed by atoms with van der Waals surface area (Å²) in [6.45, 7) is 4.69. The Morgan fingerprint density at radius 3 is 2.53 bits per heavy atom. The van der Waals surface area contributed by atoms with E-state index in [1.165, 1.54) is 5.56 Å². The molecule has 0 radical (unpaired) electrons. The largest absolute Gasteiger partial charge is 0.338 e. The van der Waals surface area contributed by atoms with Crippen molar-refractivity contribution in [1.29, 1.82) is 0 Å². The topological polar surface area (TPSA) is 68.2 Å². The molecule has 0 aliphatic rings. The van der Waals surface area contributed by atoms with E-state index < -0.39 is 0 Å². The minimum Gasteiger partial charge on any atom is -0.338 e. The first-order valence-corrected chi connectivity index (χ1v) is 6.03. The molecule has 19 heavy (non-hydrogen) atoms. The molecule has 0 fully saturated rings. The van der Waals surface area contributed by atoms with Gasteiger partial charge in [0, 0.05) is 19.6 Å². The lowest BCUT2D eigenvalue weighted by atomic mass is 10.2. The first-order chi connectivity index (χ1) is 8.78. The van der Waals surface area contributed by atoms with Gasteiger partial charge in [-0.15, -0.1) is 12.4 Å². The molecule has 1 aromatic heterocycles. The quantitative estimate of drug-likeness (QED) is 0.874. The summed E-state index contributed by atoms with van der Waals surface area (Å²) >= 11 is 0. The van der Waals surface area contributed by atoms with Crippen molar-refractivity contribution in [1.82, 2.24) is 15.0 Å². The molecule has 1 aromatic carbocycles. The zero-order chi connectivity index (χ0) is 12.8. The van der Waals surface area contributed by atoms with Crippen LogP contribution in [0.15, 0.2) is 34.9 Å². The van der Waals surface area contributed by atoms with E-state index in [2.05, 4.69) is 27.2 Å². The lowest BCUT2D eigenvalue weighted by Gasteiger charge is -2.19. The first kappa shape index (κ1) is 15.6. The Bertz CT molecular complexity index is 475. The van der Waals surface area contributed by atoms with Crippen LogP contribution in [0.3, 0.4) is 0 Å². The summed E-state index contributed by atoms with van der Waals surface area (Å²) in [6, 6.07) is 10.3. The summed E-state index contributed by atoms with van der Waals surface area (Å²) in [5.74, 6) is 1.30. The lowest BCUT2D eigenvalue weighted by Crippen LogP contribution is -2.28. The Labute approximate surface area is 119 Å². The summed E-state index contributed by atoms with van der Waals surface area (Å²) in [4.78, 5) is 6.41.